The Morgan fingerprint density at radius 3 is 2.11 bits per heavy atom. The monoisotopic (exact) mass is 260 g/mol. The number of rotatable bonds is 1. The van der Waals surface area contributed by atoms with Crippen LogP contribution in [0.25, 0.3) is 0 Å². The summed E-state index contributed by atoms with van der Waals surface area (Å²) in [6.07, 6.45) is 2.17. The van der Waals surface area contributed by atoms with Gasteiger partial charge in [-0.2, -0.15) is 0 Å². The lowest BCUT2D eigenvalue weighted by Gasteiger charge is -2.35. The lowest BCUT2D eigenvalue weighted by molar-refractivity contribution is -0.139. The highest BCUT2D eigenvalue weighted by molar-refractivity contribution is 5.85. The molecule has 104 valence electrons. The quantitative estimate of drug-likeness (QED) is 0.840. The predicted octanol–water partition coefficient (Wildman–Crippen LogP) is 2.29. The number of nitrogens with one attached hydrogen (secondary N) is 1. The molecule has 2 fully saturated rings. The fourth-order valence-electron chi connectivity index (χ4n) is 2.28. The van der Waals surface area contributed by atoms with Crippen LogP contribution >= 0.6 is 0 Å². The van der Waals surface area contributed by atoms with E-state index < -0.39 is 0 Å². The van der Waals surface area contributed by atoms with Gasteiger partial charge in [-0.1, -0.05) is 43.3 Å². The highest BCUT2D eigenvalue weighted by Gasteiger charge is 2.48. The summed E-state index contributed by atoms with van der Waals surface area (Å²) in [5.74, 6) is 0.376. The zero-order valence-electron chi connectivity index (χ0n) is 11.9. The number of hydrogen-bond donors (Lipinski definition) is 1. The van der Waals surface area contributed by atoms with E-state index in [0.29, 0.717) is 11.9 Å². The van der Waals surface area contributed by atoms with Crippen molar-refractivity contribution in [3.63, 3.8) is 0 Å². The molecule has 1 saturated heterocycles. The molecule has 0 bridgehead atoms. The Labute approximate surface area is 116 Å². The van der Waals surface area contributed by atoms with Gasteiger partial charge in [0.15, 0.2) is 0 Å². The highest BCUT2D eigenvalue weighted by atomic mass is 16.2. The van der Waals surface area contributed by atoms with Crippen LogP contribution in [0.2, 0.25) is 0 Å². The van der Waals surface area contributed by atoms with Crippen LogP contribution in [0.5, 0.6) is 0 Å². The minimum atomic E-state index is 0.00556. The summed E-state index contributed by atoms with van der Waals surface area (Å²) >= 11 is 0. The number of carbonyl (C=O) groups is 1. The van der Waals surface area contributed by atoms with Gasteiger partial charge in [-0.05, 0) is 19.8 Å². The third kappa shape index (κ3) is 3.80. The molecule has 2 aliphatic rings. The summed E-state index contributed by atoms with van der Waals surface area (Å²) < 4.78 is 0. The van der Waals surface area contributed by atoms with Crippen molar-refractivity contribution in [2.45, 2.75) is 32.7 Å². The van der Waals surface area contributed by atoms with Crippen LogP contribution in [0.15, 0.2) is 36.4 Å². The Bertz CT molecular complexity index is 374. The van der Waals surface area contributed by atoms with Crippen LogP contribution in [0.3, 0.4) is 0 Å². The second-order valence-electron chi connectivity index (χ2n) is 5.77. The van der Waals surface area contributed by atoms with Crippen LogP contribution in [-0.2, 0) is 4.79 Å². The largest absolute Gasteiger partial charge is 0.337 e. The highest BCUT2D eigenvalue weighted by Crippen LogP contribution is 2.46. The van der Waals surface area contributed by atoms with Crippen molar-refractivity contribution in [2.75, 3.05) is 19.6 Å². The molecule has 1 saturated carbocycles. The Balaban J connectivity index is 0.000000186. The SMILES string of the molecule is CC1CNCCN1C(=O)C1(C)CC1.c1ccccc1. The normalized spacial score (nSPS) is 24.1. The van der Waals surface area contributed by atoms with E-state index in [9.17, 15) is 4.79 Å². The average Bonchev–Trinajstić information content (AvgIpc) is 3.21. The molecule has 19 heavy (non-hydrogen) atoms. The van der Waals surface area contributed by atoms with Gasteiger partial charge in [-0.15, -0.1) is 0 Å². The van der Waals surface area contributed by atoms with Crippen molar-refractivity contribution < 1.29 is 4.79 Å². The first-order chi connectivity index (χ1) is 9.13. The number of carbonyl (C=O) groups excluding carboxylic acids is 1. The Kier molecular flexibility index (Phi) is 4.59. The number of piperazine rings is 1. The van der Waals surface area contributed by atoms with Crippen molar-refractivity contribution in [3.8, 4) is 0 Å². The van der Waals surface area contributed by atoms with Crippen LogP contribution < -0.4 is 5.32 Å². The van der Waals surface area contributed by atoms with Crippen LogP contribution in [0.4, 0.5) is 0 Å². The van der Waals surface area contributed by atoms with E-state index in [1.54, 1.807) is 0 Å². The molecule has 1 aromatic rings. The number of nitrogens with zero attached hydrogens (tertiary/aromatic N) is 1. The van der Waals surface area contributed by atoms with E-state index in [2.05, 4.69) is 19.2 Å². The summed E-state index contributed by atoms with van der Waals surface area (Å²) in [6.45, 7) is 6.99. The van der Waals surface area contributed by atoms with Gasteiger partial charge in [0, 0.05) is 31.1 Å². The molecule has 1 aromatic carbocycles. The maximum atomic E-state index is 12.0. The van der Waals surface area contributed by atoms with Crippen molar-refractivity contribution in [2.24, 2.45) is 5.41 Å². The molecule has 0 aromatic heterocycles. The summed E-state index contributed by atoms with van der Waals surface area (Å²) in [4.78, 5) is 14.0. The van der Waals surface area contributed by atoms with Gasteiger partial charge in [-0.3, -0.25) is 4.79 Å². The van der Waals surface area contributed by atoms with E-state index in [1.165, 1.54) is 0 Å². The van der Waals surface area contributed by atoms with Gasteiger partial charge in [0.2, 0.25) is 5.91 Å². The summed E-state index contributed by atoms with van der Waals surface area (Å²) in [6, 6.07) is 12.4. The van der Waals surface area contributed by atoms with Crippen molar-refractivity contribution in [1.29, 1.82) is 0 Å². The fraction of sp³-hybridized carbons (Fsp3) is 0.562. The number of amides is 1. The Morgan fingerprint density at radius 1 is 1.16 bits per heavy atom. The van der Waals surface area contributed by atoms with E-state index in [4.69, 9.17) is 0 Å². The standard InChI is InChI=1S/C10H18N2O.C6H6/c1-8-7-11-5-6-12(8)9(13)10(2)3-4-10;1-2-4-6-5-3-1/h8,11H,3-7H2,1-2H3;1-6H. The molecule has 1 aliphatic carbocycles. The van der Waals surface area contributed by atoms with E-state index >= 15 is 0 Å². The van der Waals surface area contributed by atoms with Gasteiger partial charge in [0.25, 0.3) is 0 Å². The Hall–Kier alpha value is -1.35. The first kappa shape index (κ1) is 14.1. The molecule has 1 atom stereocenters. The molecule has 1 aliphatic heterocycles. The predicted molar refractivity (Wildman–Crippen MR) is 77.8 cm³/mol. The molecule has 1 amide bonds. The zero-order chi connectivity index (χ0) is 13.7. The van der Waals surface area contributed by atoms with E-state index in [0.717, 1.165) is 32.5 Å². The molecule has 1 N–H and O–H groups in total. The second-order valence-corrected chi connectivity index (χ2v) is 5.77. The number of hydrogen-bond acceptors (Lipinski definition) is 2. The molecule has 1 unspecified atom stereocenters. The van der Waals surface area contributed by atoms with Crippen molar-refractivity contribution >= 4 is 5.91 Å². The van der Waals surface area contributed by atoms with E-state index in [-0.39, 0.29) is 5.41 Å². The smallest absolute Gasteiger partial charge is 0.228 e. The van der Waals surface area contributed by atoms with E-state index in [1.807, 2.05) is 41.3 Å². The molecule has 3 heteroatoms. The first-order valence-corrected chi connectivity index (χ1v) is 7.15. The van der Waals surface area contributed by atoms with Crippen molar-refractivity contribution in [1.82, 2.24) is 10.2 Å². The molecular weight excluding hydrogens is 236 g/mol. The summed E-state index contributed by atoms with van der Waals surface area (Å²) in [7, 11) is 0. The molecule has 3 nitrogen and oxygen atoms in total. The third-order valence-corrected chi connectivity index (χ3v) is 3.95. The van der Waals surface area contributed by atoms with Gasteiger partial charge < -0.3 is 10.2 Å². The second kappa shape index (κ2) is 6.20. The van der Waals surface area contributed by atoms with Crippen LogP contribution in [0, 0.1) is 5.41 Å². The minimum absolute atomic E-state index is 0.00556. The summed E-state index contributed by atoms with van der Waals surface area (Å²) in [5.41, 5.74) is 0.00556. The molecule has 3 rings (SSSR count). The fourth-order valence-corrected chi connectivity index (χ4v) is 2.28. The molecule has 1 heterocycles. The average molecular weight is 260 g/mol. The maximum Gasteiger partial charge on any atom is 0.228 e. The Morgan fingerprint density at radius 2 is 1.68 bits per heavy atom. The zero-order valence-corrected chi connectivity index (χ0v) is 11.9. The minimum Gasteiger partial charge on any atom is -0.337 e. The first-order valence-electron chi connectivity index (χ1n) is 7.15. The topological polar surface area (TPSA) is 32.3 Å². The lowest BCUT2D eigenvalue weighted by atomic mass is 10.1. The van der Waals surface area contributed by atoms with Gasteiger partial charge in [0.1, 0.15) is 0 Å². The van der Waals surface area contributed by atoms with Gasteiger partial charge in [-0.25, -0.2) is 0 Å². The number of benzene rings is 1. The van der Waals surface area contributed by atoms with Crippen LogP contribution in [0.1, 0.15) is 26.7 Å². The van der Waals surface area contributed by atoms with Gasteiger partial charge in [0.05, 0.1) is 0 Å². The summed E-state index contributed by atoms with van der Waals surface area (Å²) in [5, 5.41) is 3.30. The van der Waals surface area contributed by atoms with Crippen LogP contribution in [-0.4, -0.2) is 36.5 Å². The molecule has 0 radical (unpaired) electrons. The third-order valence-electron chi connectivity index (χ3n) is 3.95. The van der Waals surface area contributed by atoms with Gasteiger partial charge >= 0.3 is 0 Å². The maximum absolute atomic E-state index is 12.0. The molecule has 0 spiro atoms. The lowest BCUT2D eigenvalue weighted by Crippen LogP contribution is -2.53. The van der Waals surface area contributed by atoms with Crippen molar-refractivity contribution in [3.05, 3.63) is 36.4 Å². The molecular formula is C16H24N2O.